The summed E-state index contributed by atoms with van der Waals surface area (Å²) in [7, 11) is 0. The Balaban J connectivity index is 2.01. The Labute approximate surface area is 115 Å². The minimum absolute atomic E-state index is 0.0801. The smallest absolute Gasteiger partial charge is 0.410 e. The first-order valence-electron chi connectivity index (χ1n) is 6.50. The van der Waals surface area contributed by atoms with Crippen LogP contribution in [-0.4, -0.2) is 24.1 Å². The van der Waals surface area contributed by atoms with Crippen molar-refractivity contribution in [3.05, 3.63) is 29.8 Å². The molecule has 6 heteroatoms. The van der Waals surface area contributed by atoms with Crippen molar-refractivity contribution in [2.45, 2.75) is 25.9 Å². The average Bonchev–Trinajstić information content (AvgIpc) is 2.38. The molecule has 2 rings (SSSR count). The van der Waals surface area contributed by atoms with Gasteiger partial charge in [0.2, 0.25) is 0 Å². The van der Waals surface area contributed by atoms with Crippen LogP contribution in [0.3, 0.4) is 0 Å². The summed E-state index contributed by atoms with van der Waals surface area (Å²) in [6.07, 6.45) is -3.26. The number of nitrogens with zero attached hydrogens (tertiary/aromatic N) is 1. The zero-order chi connectivity index (χ0) is 14.8. The number of piperidine rings is 1. The van der Waals surface area contributed by atoms with Crippen molar-refractivity contribution in [3.63, 3.8) is 0 Å². The molecule has 0 unspecified atom stereocenters. The lowest BCUT2D eigenvalue weighted by molar-refractivity contribution is -0.137. The van der Waals surface area contributed by atoms with E-state index < -0.39 is 17.8 Å². The highest BCUT2D eigenvalue weighted by atomic mass is 19.4. The molecule has 0 bridgehead atoms. The molecule has 0 spiro atoms. The van der Waals surface area contributed by atoms with Gasteiger partial charge in [-0.05, 0) is 37.0 Å². The predicted octanol–water partition coefficient (Wildman–Crippen LogP) is 3.94. The van der Waals surface area contributed by atoms with Crippen LogP contribution in [0.15, 0.2) is 24.3 Å². The van der Waals surface area contributed by atoms with Gasteiger partial charge in [0.1, 0.15) is 5.75 Å². The first-order valence-corrected chi connectivity index (χ1v) is 6.50. The van der Waals surface area contributed by atoms with Gasteiger partial charge in [-0.1, -0.05) is 13.0 Å². The van der Waals surface area contributed by atoms with Gasteiger partial charge in [-0.3, -0.25) is 0 Å². The van der Waals surface area contributed by atoms with Gasteiger partial charge in [-0.15, -0.1) is 0 Å². The number of hydrogen-bond donors (Lipinski definition) is 0. The van der Waals surface area contributed by atoms with E-state index in [-0.39, 0.29) is 5.75 Å². The minimum atomic E-state index is -4.44. The molecule has 0 saturated carbocycles. The molecule has 1 aliphatic heterocycles. The monoisotopic (exact) mass is 287 g/mol. The summed E-state index contributed by atoms with van der Waals surface area (Å²) < 4.78 is 42.7. The molecule has 20 heavy (non-hydrogen) atoms. The number of hydrogen-bond acceptors (Lipinski definition) is 2. The van der Waals surface area contributed by atoms with Crippen LogP contribution in [0.2, 0.25) is 0 Å². The molecule has 1 saturated heterocycles. The van der Waals surface area contributed by atoms with Crippen LogP contribution in [0.1, 0.15) is 25.3 Å². The maximum Gasteiger partial charge on any atom is 0.416 e. The number of likely N-dealkylation sites (tertiary alicyclic amines) is 1. The third-order valence-corrected chi connectivity index (χ3v) is 3.41. The molecule has 0 aromatic heterocycles. The second kappa shape index (κ2) is 5.73. The highest BCUT2D eigenvalue weighted by molar-refractivity contribution is 5.70. The molecule has 0 aliphatic carbocycles. The molecule has 1 heterocycles. The van der Waals surface area contributed by atoms with E-state index >= 15 is 0 Å². The van der Waals surface area contributed by atoms with Gasteiger partial charge in [0.05, 0.1) is 5.56 Å². The molecule has 1 fully saturated rings. The van der Waals surface area contributed by atoms with E-state index in [9.17, 15) is 18.0 Å². The van der Waals surface area contributed by atoms with E-state index in [1.807, 2.05) is 0 Å². The largest absolute Gasteiger partial charge is 0.416 e. The fourth-order valence-corrected chi connectivity index (χ4v) is 2.09. The molecule has 0 atom stereocenters. The number of carbonyl (C=O) groups is 1. The third kappa shape index (κ3) is 3.65. The van der Waals surface area contributed by atoms with Gasteiger partial charge in [0.15, 0.2) is 0 Å². The second-order valence-corrected chi connectivity index (χ2v) is 5.06. The Morgan fingerprint density at radius 3 is 2.55 bits per heavy atom. The van der Waals surface area contributed by atoms with Crippen molar-refractivity contribution >= 4 is 6.09 Å². The number of alkyl halides is 3. The number of halogens is 3. The molecular formula is C14H16F3NO2. The van der Waals surface area contributed by atoms with Crippen molar-refractivity contribution in [1.82, 2.24) is 4.90 Å². The summed E-state index contributed by atoms with van der Waals surface area (Å²) >= 11 is 0. The lowest BCUT2D eigenvalue weighted by Crippen LogP contribution is -2.39. The fraction of sp³-hybridized carbons (Fsp3) is 0.500. The summed E-state index contributed by atoms with van der Waals surface area (Å²) in [6.45, 7) is 3.27. The first kappa shape index (κ1) is 14.7. The third-order valence-electron chi connectivity index (χ3n) is 3.41. The van der Waals surface area contributed by atoms with E-state index in [0.29, 0.717) is 19.0 Å². The molecule has 1 aromatic rings. The minimum Gasteiger partial charge on any atom is -0.410 e. The molecular weight excluding hydrogens is 271 g/mol. The number of benzene rings is 1. The Morgan fingerprint density at radius 1 is 1.30 bits per heavy atom. The zero-order valence-electron chi connectivity index (χ0n) is 11.1. The molecule has 0 radical (unpaired) electrons. The highest BCUT2D eigenvalue weighted by Crippen LogP contribution is 2.31. The van der Waals surface area contributed by atoms with Crippen molar-refractivity contribution in [3.8, 4) is 5.75 Å². The lowest BCUT2D eigenvalue weighted by atomic mass is 10.00. The maximum atomic E-state index is 12.6. The van der Waals surface area contributed by atoms with E-state index in [0.717, 1.165) is 25.0 Å². The highest BCUT2D eigenvalue weighted by Gasteiger charge is 2.31. The fourth-order valence-electron chi connectivity index (χ4n) is 2.09. The standard InChI is InChI=1S/C14H16F3NO2/c1-10-5-7-18(8-6-10)13(19)20-12-4-2-3-11(9-12)14(15,16)17/h2-4,9-10H,5-8H2,1H3. The van der Waals surface area contributed by atoms with Crippen LogP contribution >= 0.6 is 0 Å². The van der Waals surface area contributed by atoms with Crippen LogP contribution in [0.25, 0.3) is 0 Å². The van der Waals surface area contributed by atoms with E-state index in [4.69, 9.17) is 4.74 Å². The van der Waals surface area contributed by atoms with Crippen molar-refractivity contribution in [2.24, 2.45) is 5.92 Å². The topological polar surface area (TPSA) is 29.5 Å². The van der Waals surface area contributed by atoms with Crippen LogP contribution in [-0.2, 0) is 6.18 Å². The molecule has 1 amide bonds. The normalized spacial score (nSPS) is 17.1. The number of rotatable bonds is 1. The van der Waals surface area contributed by atoms with Gasteiger partial charge in [0, 0.05) is 13.1 Å². The van der Waals surface area contributed by atoms with Crippen LogP contribution in [0.5, 0.6) is 5.75 Å². The van der Waals surface area contributed by atoms with E-state index in [1.54, 1.807) is 0 Å². The quantitative estimate of drug-likeness (QED) is 0.783. The van der Waals surface area contributed by atoms with Gasteiger partial charge in [-0.25, -0.2) is 4.79 Å². The van der Waals surface area contributed by atoms with Crippen LogP contribution < -0.4 is 4.74 Å². The Morgan fingerprint density at radius 2 is 1.95 bits per heavy atom. The van der Waals surface area contributed by atoms with Crippen molar-refractivity contribution in [2.75, 3.05) is 13.1 Å². The van der Waals surface area contributed by atoms with E-state index in [1.165, 1.54) is 17.0 Å². The van der Waals surface area contributed by atoms with Crippen LogP contribution in [0.4, 0.5) is 18.0 Å². The van der Waals surface area contributed by atoms with Gasteiger partial charge in [-0.2, -0.15) is 13.2 Å². The Hall–Kier alpha value is -1.72. The average molecular weight is 287 g/mol. The summed E-state index contributed by atoms with van der Waals surface area (Å²) in [6, 6.07) is 4.35. The summed E-state index contributed by atoms with van der Waals surface area (Å²) in [5.74, 6) is 0.482. The maximum absolute atomic E-state index is 12.6. The predicted molar refractivity (Wildman–Crippen MR) is 67.4 cm³/mol. The molecule has 0 N–H and O–H groups in total. The Bertz CT molecular complexity index is 480. The van der Waals surface area contributed by atoms with Gasteiger partial charge in [0.25, 0.3) is 0 Å². The summed E-state index contributed by atoms with van der Waals surface area (Å²) in [5.41, 5.74) is -0.824. The Kier molecular flexibility index (Phi) is 4.20. The lowest BCUT2D eigenvalue weighted by Gasteiger charge is -2.29. The molecule has 110 valence electrons. The van der Waals surface area contributed by atoms with Gasteiger partial charge < -0.3 is 9.64 Å². The first-order chi connectivity index (χ1) is 9.36. The van der Waals surface area contributed by atoms with Crippen LogP contribution in [0, 0.1) is 5.92 Å². The SMILES string of the molecule is CC1CCN(C(=O)Oc2cccc(C(F)(F)F)c2)CC1. The molecule has 1 aliphatic rings. The summed E-state index contributed by atoms with van der Waals surface area (Å²) in [4.78, 5) is 13.4. The van der Waals surface area contributed by atoms with E-state index in [2.05, 4.69) is 6.92 Å². The van der Waals surface area contributed by atoms with Gasteiger partial charge >= 0.3 is 12.3 Å². The zero-order valence-corrected chi connectivity index (χ0v) is 11.1. The van der Waals surface area contributed by atoms with Crippen molar-refractivity contribution in [1.29, 1.82) is 0 Å². The number of amides is 1. The molecule has 1 aromatic carbocycles. The summed E-state index contributed by atoms with van der Waals surface area (Å²) in [5, 5.41) is 0. The second-order valence-electron chi connectivity index (χ2n) is 5.06. The molecule has 3 nitrogen and oxygen atoms in total. The number of carbonyl (C=O) groups excluding carboxylic acids is 1. The number of ether oxygens (including phenoxy) is 1. The van der Waals surface area contributed by atoms with Crippen molar-refractivity contribution < 1.29 is 22.7 Å².